The number of likely N-dealkylation sites (tertiary alicyclic amines) is 1. The Labute approximate surface area is 193 Å². The fourth-order valence-electron chi connectivity index (χ4n) is 4.19. The van der Waals surface area contributed by atoms with Crippen LogP contribution >= 0.6 is 11.3 Å². The highest BCUT2D eigenvalue weighted by atomic mass is 32.1. The molecule has 174 valence electrons. The Bertz CT molecular complexity index is 1060. The van der Waals surface area contributed by atoms with Gasteiger partial charge in [0.2, 0.25) is 5.91 Å². The zero-order valence-electron chi connectivity index (χ0n) is 17.8. The van der Waals surface area contributed by atoms with Gasteiger partial charge in [-0.05, 0) is 43.2 Å². The predicted molar refractivity (Wildman–Crippen MR) is 118 cm³/mol. The first-order valence-electron chi connectivity index (χ1n) is 10.7. The Hall–Kier alpha value is -3.34. The number of nitro groups is 1. The van der Waals surface area contributed by atoms with Gasteiger partial charge >= 0.3 is 5.00 Å². The van der Waals surface area contributed by atoms with Crippen LogP contribution < -0.4 is 0 Å². The van der Waals surface area contributed by atoms with Crippen LogP contribution in [0.15, 0.2) is 36.4 Å². The molecule has 4 rings (SSSR count). The molecular formula is C22H23FN4O5S. The van der Waals surface area contributed by atoms with Gasteiger partial charge in [-0.2, -0.15) is 0 Å². The van der Waals surface area contributed by atoms with Gasteiger partial charge < -0.3 is 14.7 Å². The van der Waals surface area contributed by atoms with Crippen molar-refractivity contribution in [3.63, 3.8) is 0 Å². The van der Waals surface area contributed by atoms with Gasteiger partial charge in [-0.1, -0.05) is 11.3 Å². The van der Waals surface area contributed by atoms with Crippen molar-refractivity contribution < 1.29 is 23.7 Å². The third-order valence-electron chi connectivity index (χ3n) is 6.08. The van der Waals surface area contributed by atoms with Gasteiger partial charge in [0, 0.05) is 56.8 Å². The van der Waals surface area contributed by atoms with E-state index in [2.05, 4.69) is 0 Å². The zero-order valence-corrected chi connectivity index (χ0v) is 18.6. The van der Waals surface area contributed by atoms with E-state index in [1.54, 1.807) is 14.7 Å². The summed E-state index contributed by atoms with van der Waals surface area (Å²) in [7, 11) is 0. The Morgan fingerprint density at radius 1 is 0.848 bits per heavy atom. The molecule has 3 heterocycles. The Kier molecular flexibility index (Phi) is 6.68. The van der Waals surface area contributed by atoms with Crippen molar-refractivity contribution in [3.8, 4) is 0 Å². The van der Waals surface area contributed by atoms with Crippen molar-refractivity contribution >= 4 is 34.1 Å². The number of piperidine rings is 1. The molecular weight excluding hydrogens is 451 g/mol. The third-order valence-corrected chi connectivity index (χ3v) is 7.11. The molecule has 0 N–H and O–H groups in total. The molecule has 0 unspecified atom stereocenters. The van der Waals surface area contributed by atoms with Crippen molar-refractivity contribution in [2.24, 2.45) is 5.92 Å². The Balaban J connectivity index is 1.26. The van der Waals surface area contributed by atoms with Gasteiger partial charge in [0.15, 0.2) is 0 Å². The predicted octanol–water partition coefficient (Wildman–Crippen LogP) is 2.63. The molecule has 0 bridgehead atoms. The summed E-state index contributed by atoms with van der Waals surface area (Å²) in [4.78, 5) is 53.8. The molecule has 2 aliphatic rings. The van der Waals surface area contributed by atoms with E-state index in [-0.39, 0.29) is 28.6 Å². The number of carbonyl (C=O) groups excluding carboxylic acids is 3. The molecule has 0 saturated carbocycles. The molecule has 9 nitrogen and oxygen atoms in total. The lowest BCUT2D eigenvalue weighted by atomic mass is 9.94. The fraction of sp³-hybridized carbons (Fsp3) is 0.409. The minimum atomic E-state index is -0.517. The van der Waals surface area contributed by atoms with Crippen LogP contribution in [0.1, 0.15) is 32.9 Å². The van der Waals surface area contributed by atoms with E-state index >= 15 is 0 Å². The number of rotatable bonds is 4. The van der Waals surface area contributed by atoms with E-state index in [1.165, 1.54) is 36.4 Å². The van der Waals surface area contributed by atoms with Crippen LogP contribution in [0.3, 0.4) is 0 Å². The maximum Gasteiger partial charge on any atom is 0.324 e. The highest BCUT2D eigenvalue weighted by molar-refractivity contribution is 7.17. The first kappa shape index (κ1) is 22.8. The lowest BCUT2D eigenvalue weighted by Gasteiger charge is -2.38. The summed E-state index contributed by atoms with van der Waals surface area (Å²) in [6, 6.07) is 8.23. The van der Waals surface area contributed by atoms with Crippen molar-refractivity contribution in [3.05, 3.63) is 62.8 Å². The molecule has 0 spiro atoms. The average Bonchev–Trinajstić information content (AvgIpc) is 3.34. The number of hydrogen-bond acceptors (Lipinski definition) is 6. The molecule has 2 aromatic rings. The number of halogens is 1. The second-order valence-corrected chi connectivity index (χ2v) is 9.15. The van der Waals surface area contributed by atoms with E-state index in [9.17, 15) is 28.9 Å². The molecule has 2 saturated heterocycles. The summed E-state index contributed by atoms with van der Waals surface area (Å²) in [5, 5.41) is 10.8. The van der Waals surface area contributed by atoms with E-state index in [4.69, 9.17) is 0 Å². The summed E-state index contributed by atoms with van der Waals surface area (Å²) >= 11 is 0.852. The SMILES string of the molecule is O=C(c1ccc(F)cc1)N1CCC(C(=O)N2CCN(C(=O)c3ccc([N+](=O)[O-])s3)CC2)CC1. The fourth-order valence-corrected chi connectivity index (χ4v) is 4.98. The smallest absolute Gasteiger partial charge is 0.324 e. The number of benzene rings is 1. The maximum atomic E-state index is 13.1. The normalized spacial score (nSPS) is 17.2. The molecule has 2 aliphatic heterocycles. The molecule has 0 radical (unpaired) electrons. The van der Waals surface area contributed by atoms with Crippen LogP contribution in [0.5, 0.6) is 0 Å². The lowest BCUT2D eigenvalue weighted by molar-refractivity contribution is -0.380. The number of piperazine rings is 1. The van der Waals surface area contributed by atoms with Crippen molar-refractivity contribution in [2.75, 3.05) is 39.3 Å². The molecule has 3 amide bonds. The van der Waals surface area contributed by atoms with Crippen molar-refractivity contribution in [2.45, 2.75) is 12.8 Å². The molecule has 0 aliphatic carbocycles. The maximum absolute atomic E-state index is 13.1. The van der Waals surface area contributed by atoms with E-state index in [0.29, 0.717) is 62.6 Å². The summed E-state index contributed by atoms with van der Waals surface area (Å²) < 4.78 is 13.1. The first-order chi connectivity index (χ1) is 15.8. The van der Waals surface area contributed by atoms with Crippen LogP contribution in [0.2, 0.25) is 0 Å². The van der Waals surface area contributed by atoms with E-state index in [0.717, 1.165) is 11.3 Å². The average molecular weight is 475 g/mol. The first-order valence-corrected chi connectivity index (χ1v) is 11.5. The molecule has 11 heteroatoms. The highest BCUT2D eigenvalue weighted by Crippen LogP contribution is 2.26. The van der Waals surface area contributed by atoms with Crippen LogP contribution in [-0.2, 0) is 4.79 Å². The Morgan fingerprint density at radius 3 is 2.00 bits per heavy atom. The van der Waals surface area contributed by atoms with Crippen molar-refractivity contribution in [1.82, 2.24) is 14.7 Å². The van der Waals surface area contributed by atoms with Crippen molar-refractivity contribution in [1.29, 1.82) is 0 Å². The van der Waals surface area contributed by atoms with Crippen LogP contribution in [-0.4, -0.2) is 76.6 Å². The standard InChI is InChI=1S/C22H23FN4O5S/c23-17-3-1-15(2-4-17)20(28)24-9-7-16(8-10-24)21(29)25-11-13-26(14-12-25)22(30)18-5-6-19(33-18)27(31)32/h1-6,16H,7-14H2. The molecule has 2 fully saturated rings. The number of carbonyl (C=O) groups is 3. The van der Waals surface area contributed by atoms with Crippen LogP contribution in [0.4, 0.5) is 9.39 Å². The van der Waals surface area contributed by atoms with Gasteiger partial charge in [-0.3, -0.25) is 24.5 Å². The van der Waals surface area contributed by atoms with E-state index < -0.39 is 10.7 Å². The second kappa shape index (κ2) is 9.65. The van der Waals surface area contributed by atoms with Crippen LogP contribution in [0, 0.1) is 21.8 Å². The highest BCUT2D eigenvalue weighted by Gasteiger charge is 2.33. The van der Waals surface area contributed by atoms with Gasteiger partial charge in [0.1, 0.15) is 5.82 Å². The molecule has 33 heavy (non-hydrogen) atoms. The van der Waals surface area contributed by atoms with Gasteiger partial charge in [-0.25, -0.2) is 4.39 Å². The molecule has 1 aromatic carbocycles. The van der Waals surface area contributed by atoms with Gasteiger partial charge in [0.25, 0.3) is 11.8 Å². The van der Waals surface area contributed by atoms with Gasteiger partial charge in [0.05, 0.1) is 9.80 Å². The number of nitrogens with zero attached hydrogens (tertiary/aromatic N) is 4. The Morgan fingerprint density at radius 2 is 1.42 bits per heavy atom. The van der Waals surface area contributed by atoms with Crippen LogP contribution in [0.25, 0.3) is 0 Å². The summed E-state index contributed by atoms with van der Waals surface area (Å²) in [6.07, 6.45) is 1.12. The molecule has 1 aromatic heterocycles. The topological polar surface area (TPSA) is 104 Å². The quantitative estimate of drug-likeness (QED) is 0.501. The number of hydrogen-bond donors (Lipinski definition) is 0. The molecule has 0 atom stereocenters. The third kappa shape index (κ3) is 5.03. The lowest BCUT2D eigenvalue weighted by Crippen LogP contribution is -2.53. The number of amides is 3. The minimum Gasteiger partial charge on any atom is -0.339 e. The van der Waals surface area contributed by atoms with E-state index in [1.807, 2.05) is 0 Å². The monoisotopic (exact) mass is 474 g/mol. The second-order valence-electron chi connectivity index (χ2n) is 8.09. The van der Waals surface area contributed by atoms with Gasteiger partial charge in [-0.15, -0.1) is 0 Å². The number of thiophene rings is 1. The minimum absolute atomic E-state index is 0.0303. The zero-order chi connectivity index (χ0) is 23.5. The summed E-state index contributed by atoms with van der Waals surface area (Å²) in [5.74, 6) is -0.962. The summed E-state index contributed by atoms with van der Waals surface area (Å²) in [5.41, 5.74) is 0.429. The summed E-state index contributed by atoms with van der Waals surface area (Å²) in [6.45, 7) is 2.49. The largest absolute Gasteiger partial charge is 0.339 e.